The summed E-state index contributed by atoms with van der Waals surface area (Å²) >= 11 is 7.81. The summed E-state index contributed by atoms with van der Waals surface area (Å²) in [5.74, 6) is 0.141. The van der Waals surface area contributed by atoms with Gasteiger partial charge in [-0.3, -0.25) is 4.79 Å². The second-order valence-corrected chi connectivity index (χ2v) is 6.27. The number of likely N-dealkylation sites (tertiary alicyclic amines) is 1. The first-order chi connectivity index (χ1) is 9.25. The lowest BCUT2D eigenvalue weighted by Crippen LogP contribution is -2.30. The molecule has 2 heterocycles. The molecule has 2 atom stereocenters. The number of amides is 1. The zero-order valence-electron chi connectivity index (χ0n) is 10.3. The van der Waals surface area contributed by atoms with Crippen LogP contribution < -0.4 is 0 Å². The maximum absolute atomic E-state index is 12.1. The van der Waals surface area contributed by atoms with Gasteiger partial charge >= 0.3 is 0 Å². The van der Waals surface area contributed by atoms with Gasteiger partial charge in [0, 0.05) is 17.8 Å². The third-order valence-electron chi connectivity index (χ3n) is 3.35. The van der Waals surface area contributed by atoms with Gasteiger partial charge in [-0.05, 0) is 17.0 Å². The van der Waals surface area contributed by atoms with Crippen molar-refractivity contribution in [2.45, 2.75) is 17.8 Å². The van der Waals surface area contributed by atoms with Crippen LogP contribution in [0.15, 0.2) is 47.8 Å². The molecule has 0 aliphatic carbocycles. The average molecular weight is 292 g/mol. The number of alkyl halides is 1. The Bertz CT molecular complexity index is 555. The Morgan fingerprint density at radius 1 is 1.21 bits per heavy atom. The fourth-order valence-corrected chi connectivity index (χ4v) is 3.66. The van der Waals surface area contributed by atoms with Crippen LogP contribution in [0.1, 0.15) is 22.9 Å². The summed E-state index contributed by atoms with van der Waals surface area (Å²) in [6, 6.07) is 14.2. The van der Waals surface area contributed by atoms with Crippen molar-refractivity contribution in [3.63, 3.8) is 0 Å². The van der Waals surface area contributed by atoms with Gasteiger partial charge in [-0.15, -0.1) is 22.9 Å². The van der Waals surface area contributed by atoms with E-state index in [9.17, 15) is 4.79 Å². The van der Waals surface area contributed by atoms with Crippen LogP contribution in [0, 0.1) is 0 Å². The third kappa shape index (κ3) is 2.53. The molecule has 1 aliphatic rings. The number of hydrogen-bond acceptors (Lipinski definition) is 2. The molecule has 4 heteroatoms. The number of rotatable bonds is 3. The van der Waals surface area contributed by atoms with Gasteiger partial charge in [-0.25, -0.2) is 0 Å². The molecule has 1 aromatic heterocycles. The molecule has 1 saturated heterocycles. The van der Waals surface area contributed by atoms with Crippen LogP contribution in [-0.2, 0) is 4.79 Å². The van der Waals surface area contributed by atoms with Crippen molar-refractivity contribution in [1.82, 2.24) is 4.90 Å². The van der Waals surface area contributed by atoms with Crippen molar-refractivity contribution in [1.29, 1.82) is 0 Å². The van der Waals surface area contributed by atoms with Crippen molar-refractivity contribution in [2.75, 3.05) is 6.54 Å². The summed E-state index contributed by atoms with van der Waals surface area (Å²) in [6.45, 7) is 0.623. The second kappa shape index (κ2) is 5.35. The summed E-state index contributed by atoms with van der Waals surface area (Å²) in [5.41, 5.74) is 1.14. The fourth-order valence-electron chi connectivity index (χ4n) is 2.52. The van der Waals surface area contributed by atoms with E-state index in [2.05, 4.69) is 18.2 Å². The van der Waals surface area contributed by atoms with E-state index in [1.165, 1.54) is 4.88 Å². The van der Waals surface area contributed by atoms with Crippen molar-refractivity contribution >= 4 is 28.8 Å². The monoisotopic (exact) mass is 291 g/mol. The molecule has 2 unspecified atom stereocenters. The minimum Gasteiger partial charge on any atom is -0.329 e. The molecule has 0 spiro atoms. The van der Waals surface area contributed by atoms with Gasteiger partial charge in [-0.1, -0.05) is 36.4 Å². The Morgan fingerprint density at radius 3 is 2.58 bits per heavy atom. The largest absolute Gasteiger partial charge is 0.329 e. The van der Waals surface area contributed by atoms with E-state index in [0.29, 0.717) is 13.0 Å². The number of carbonyl (C=O) groups excluding carboxylic acids is 1. The number of halogens is 1. The Morgan fingerprint density at radius 2 is 2.00 bits per heavy atom. The Kier molecular flexibility index (Phi) is 3.58. The SMILES string of the molecule is O=C1CC(Cl)CN1C(c1ccccc1)c1cccs1. The van der Waals surface area contributed by atoms with Crippen LogP contribution >= 0.6 is 22.9 Å². The normalized spacial score (nSPS) is 20.8. The molecule has 19 heavy (non-hydrogen) atoms. The van der Waals surface area contributed by atoms with Crippen LogP contribution in [0.4, 0.5) is 0 Å². The lowest BCUT2D eigenvalue weighted by Gasteiger charge is -2.27. The standard InChI is InChI=1S/C15H14ClNOS/c16-12-9-14(18)17(10-12)15(13-7-4-8-19-13)11-5-2-1-3-6-11/h1-8,12,15H,9-10H2. The molecule has 1 aliphatic heterocycles. The first-order valence-corrected chi connectivity index (χ1v) is 7.59. The van der Waals surface area contributed by atoms with Crippen molar-refractivity contribution in [3.05, 3.63) is 58.3 Å². The summed E-state index contributed by atoms with van der Waals surface area (Å²) in [6.07, 6.45) is 0.441. The smallest absolute Gasteiger partial charge is 0.224 e. The quantitative estimate of drug-likeness (QED) is 0.790. The van der Waals surface area contributed by atoms with Crippen molar-refractivity contribution < 1.29 is 4.79 Å². The lowest BCUT2D eigenvalue weighted by atomic mass is 10.0. The molecule has 1 amide bonds. The van der Waals surface area contributed by atoms with E-state index in [0.717, 1.165) is 5.56 Å². The Balaban J connectivity index is 2.00. The number of carbonyl (C=O) groups is 1. The topological polar surface area (TPSA) is 20.3 Å². The molecule has 3 rings (SSSR count). The number of nitrogens with zero attached hydrogens (tertiary/aromatic N) is 1. The summed E-state index contributed by atoms with van der Waals surface area (Å²) in [5, 5.41) is 1.97. The highest BCUT2D eigenvalue weighted by Crippen LogP contribution is 2.35. The molecule has 1 aromatic carbocycles. The molecule has 0 N–H and O–H groups in total. The molecule has 0 saturated carbocycles. The molecule has 0 radical (unpaired) electrons. The molecule has 2 nitrogen and oxygen atoms in total. The predicted molar refractivity (Wildman–Crippen MR) is 78.6 cm³/mol. The van der Waals surface area contributed by atoms with E-state index in [4.69, 9.17) is 11.6 Å². The predicted octanol–water partition coefficient (Wildman–Crippen LogP) is 3.68. The van der Waals surface area contributed by atoms with Gasteiger partial charge in [0.1, 0.15) is 0 Å². The molecule has 98 valence electrons. The van der Waals surface area contributed by atoms with Crippen molar-refractivity contribution in [2.24, 2.45) is 0 Å². The minimum atomic E-state index is -0.0707. The maximum atomic E-state index is 12.1. The highest BCUT2D eigenvalue weighted by atomic mass is 35.5. The van der Waals surface area contributed by atoms with E-state index in [1.807, 2.05) is 34.5 Å². The van der Waals surface area contributed by atoms with Gasteiger partial charge in [-0.2, -0.15) is 0 Å². The second-order valence-electron chi connectivity index (χ2n) is 4.68. The highest BCUT2D eigenvalue weighted by molar-refractivity contribution is 7.10. The minimum absolute atomic E-state index is 0.00236. The zero-order valence-corrected chi connectivity index (χ0v) is 11.9. The van der Waals surface area contributed by atoms with Gasteiger partial charge in [0.05, 0.1) is 11.4 Å². The average Bonchev–Trinajstić information content (AvgIpc) is 3.03. The van der Waals surface area contributed by atoms with Gasteiger partial charge in [0.2, 0.25) is 5.91 Å². The van der Waals surface area contributed by atoms with Gasteiger partial charge in [0.25, 0.3) is 0 Å². The van der Waals surface area contributed by atoms with Gasteiger partial charge in [0.15, 0.2) is 0 Å². The lowest BCUT2D eigenvalue weighted by molar-refractivity contribution is -0.129. The van der Waals surface area contributed by atoms with E-state index >= 15 is 0 Å². The van der Waals surface area contributed by atoms with Crippen LogP contribution in [0.25, 0.3) is 0 Å². The molecular formula is C15H14ClNOS. The first-order valence-electron chi connectivity index (χ1n) is 6.27. The summed E-state index contributed by atoms with van der Waals surface area (Å²) in [7, 11) is 0. The van der Waals surface area contributed by atoms with E-state index < -0.39 is 0 Å². The maximum Gasteiger partial charge on any atom is 0.224 e. The summed E-state index contributed by atoms with van der Waals surface area (Å²) < 4.78 is 0. The fraction of sp³-hybridized carbons (Fsp3) is 0.267. The van der Waals surface area contributed by atoms with Crippen LogP contribution in [0.5, 0.6) is 0 Å². The van der Waals surface area contributed by atoms with Gasteiger partial charge < -0.3 is 4.90 Å². The van der Waals surface area contributed by atoms with Crippen LogP contribution in [0.2, 0.25) is 0 Å². The Hall–Kier alpha value is -1.32. The number of hydrogen-bond donors (Lipinski definition) is 0. The molecular weight excluding hydrogens is 278 g/mol. The highest BCUT2D eigenvalue weighted by Gasteiger charge is 2.35. The van der Waals surface area contributed by atoms with Crippen LogP contribution in [0.3, 0.4) is 0 Å². The number of thiophene rings is 1. The summed E-state index contributed by atoms with van der Waals surface area (Å²) in [4.78, 5) is 15.2. The Labute approximate surface area is 121 Å². The number of benzene rings is 1. The van der Waals surface area contributed by atoms with E-state index in [1.54, 1.807) is 11.3 Å². The molecule has 2 aromatic rings. The molecule has 0 bridgehead atoms. The first kappa shape index (κ1) is 12.7. The van der Waals surface area contributed by atoms with Crippen LogP contribution in [-0.4, -0.2) is 22.7 Å². The molecule has 1 fully saturated rings. The van der Waals surface area contributed by atoms with Crippen molar-refractivity contribution in [3.8, 4) is 0 Å². The zero-order chi connectivity index (χ0) is 13.2. The third-order valence-corrected chi connectivity index (χ3v) is 4.57. The van der Waals surface area contributed by atoms with E-state index in [-0.39, 0.29) is 17.3 Å².